The van der Waals surface area contributed by atoms with E-state index in [-0.39, 0.29) is 23.8 Å². The van der Waals surface area contributed by atoms with Gasteiger partial charge in [-0.3, -0.25) is 4.79 Å². The smallest absolute Gasteiger partial charge is 0.242 e. The van der Waals surface area contributed by atoms with Crippen molar-refractivity contribution in [2.75, 3.05) is 20.6 Å². The van der Waals surface area contributed by atoms with Gasteiger partial charge in [0, 0.05) is 31.5 Å². The molecule has 1 rings (SSSR count). The van der Waals surface area contributed by atoms with E-state index in [2.05, 4.69) is 21.2 Å². The molecule has 0 aliphatic rings. The van der Waals surface area contributed by atoms with E-state index in [9.17, 15) is 13.2 Å². The fraction of sp³-hybridized carbons (Fsp3) is 0.364. The summed E-state index contributed by atoms with van der Waals surface area (Å²) in [5.74, 6) is -0.209. The summed E-state index contributed by atoms with van der Waals surface area (Å²) in [6.07, 6.45) is 0.112. The van der Waals surface area contributed by atoms with Crippen molar-refractivity contribution >= 4 is 43.5 Å². The number of amides is 1. The van der Waals surface area contributed by atoms with Crippen LogP contribution in [0.3, 0.4) is 0 Å². The Balaban J connectivity index is 2.90. The Morgan fingerprint density at radius 2 is 2.11 bits per heavy atom. The third-order valence-electron chi connectivity index (χ3n) is 2.53. The van der Waals surface area contributed by atoms with Gasteiger partial charge < -0.3 is 5.32 Å². The summed E-state index contributed by atoms with van der Waals surface area (Å²) < 4.78 is 26.1. The Hall–Kier alpha value is -0.630. The van der Waals surface area contributed by atoms with Gasteiger partial charge in [0.05, 0.1) is 9.92 Å². The van der Waals surface area contributed by atoms with Crippen LogP contribution in [0.1, 0.15) is 6.42 Å². The van der Waals surface area contributed by atoms with Gasteiger partial charge >= 0.3 is 0 Å². The Morgan fingerprint density at radius 3 is 2.63 bits per heavy atom. The third-order valence-corrected chi connectivity index (χ3v) is 5.60. The van der Waals surface area contributed by atoms with E-state index in [4.69, 9.17) is 11.6 Å². The number of hydrogen-bond donors (Lipinski definition) is 1. The molecule has 1 aromatic rings. The zero-order valence-electron chi connectivity index (χ0n) is 10.5. The molecule has 0 fully saturated rings. The molecule has 1 N–H and O–H groups in total. The SMILES string of the molecule is CNC(=O)CCN(C)S(=O)(=O)c1ccc(Cl)c(Br)c1. The van der Waals surface area contributed by atoms with E-state index in [1.807, 2.05) is 0 Å². The van der Waals surface area contributed by atoms with E-state index < -0.39 is 10.0 Å². The van der Waals surface area contributed by atoms with Crippen LogP contribution in [0.5, 0.6) is 0 Å². The molecule has 8 heteroatoms. The monoisotopic (exact) mass is 368 g/mol. The van der Waals surface area contributed by atoms with Gasteiger partial charge in [-0.05, 0) is 34.1 Å². The van der Waals surface area contributed by atoms with Crippen molar-refractivity contribution in [3.05, 3.63) is 27.7 Å². The molecular weight excluding hydrogens is 356 g/mol. The predicted octanol–water partition coefficient (Wildman–Crippen LogP) is 1.86. The minimum absolute atomic E-state index is 0.112. The molecule has 1 amide bonds. The lowest BCUT2D eigenvalue weighted by Gasteiger charge is -2.17. The van der Waals surface area contributed by atoms with Crippen LogP contribution in [0.4, 0.5) is 0 Å². The molecule has 106 valence electrons. The van der Waals surface area contributed by atoms with Gasteiger partial charge in [0.1, 0.15) is 0 Å². The van der Waals surface area contributed by atoms with Gasteiger partial charge in [-0.1, -0.05) is 11.6 Å². The van der Waals surface area contributed by atoms with Crippen LogP contribution in [-0.2, 0) is 14.8 Å². The summed E-state index contributed by atoms with van der Waals surface area (Å²) in [5.41, 5.74) is 0. The van der Waals surface area contributed by atoms with Crippen LogP contribution >= 0.6 is 27.5 Å². The summed E-state index contributed by atoms with van der Waals surface area (Å²) in [4.78, 5) is 11.2. The van der Waals surface area contributed by atoms with Crippen LogP contribution in [0.25, 0.3) is 0 Å². The maximum absolute atomic E-state index is 12.2. The van der Waals surface area contributed by atoms with Gasteiger partial charge in [-0.2, -0.15) is 0 Å². The topological polar surface area (TPSA) is 66.5 Å². The second kappa shape index (κ2) is 6.69. The minimum Gasteiger partial charge on any atom is -0.359 e. The highest BCUT2D eigenvalue weighted by Gasteiger charge is 2.21. The van der Waals surface area contributed by atoms with Gasteiger partial charge in [0.2, 0.25) is 15.9 Å². The molecule has 0 saturated carbocycles. The zero-order valence-corrected chi connectivity index (χ0v) is 13.6. The molecule has 0 spiro atoms. The van der Waals surface area contributed by atoms with E-state index in [0.29, 0.717) is 9.50 Å². The maximum Gasteiger partial charge on any atom is 0.242 e. The predicted molar refractivity (Wildman–Crippen MR) is 77.7 cm³/mol. The maximum atomic E-state index is 12.2. The summed E-state index contributed by atoms with van der Waals surface area (Å²) in [6.45, 7) is 0.113. The first-order valence-electron chi connectivity index (χ1n) is 5.41. The van der Waals surface area contributed by atoms with Crippen molar-refractivity contribution in [3.63, 3.8) is 0 Å². The highest BCUT2D eigenvalue weighted by molar-refractivity contribution is 9.10. The fourth-order valence-electron chi connectivity index (χ4n) is 1.32. The van der Waals surface area contributed by atoms with Crippen LogP contribution in [0.2, 0.25) is 5.02 Å². The lowest BCUT2D eigenvalue weighted by Crippen LogP contribution is -2.31. The summed E-state index contributed by atoms with van der Waals surface area (Å²) in [6, 6.07) is 4.37. The number of sulfonamides is 1. The Kier molecular flexibility index (Phi) is 5.79. The van der Waals surface area contributed by atoms with E-state index in [1.54, 1.807) is 0 Å². The van der Waals surface area contributed by atoms with Gasteiger partial charge in [-0.15, -0.1) is 0 Å². The van der Waals surface area contributed by atoms with Crippen LogP contribution in [0, 0.1) is 0 Å². The normalized spacial score (nSPS) is 11.6. The molecule has 0 radical (unpaired) electrons. The molecule has 0 aliphatic carbocycles. The standard InChI is InChI=1S/C11H14BrClN2O3S/c1-14-11(16)5-6-15(2)19(17,18)8-3-4-10(13)9(12)7-8/h3-4,7H,5-6H2,1-2H3,(H,14,16). The van der Waals surface area contributed by atoms with Crippen molar-refractivity contribution in [1.29, 1.82) is 0 Å². The number of carbonyl (C=O) groups excluding carboxylic acids is 1. The molecule has 5 nitrogen and oxygen atoms in total. The Morgan fingerprint density at radius 1 is 1.47 bits per heavy atom. The lowest BCUT2D eigenvalue weighted by atomic mass is 10.4. The van der Waals surface area contributed by atoms with Crippen molar-refractivity contribution in [3.8, 4) is 0 Å². The van der Waals surface area contributed by atoms with Crippen molar-refractivity contribution in [2.24, 2.45) is 0 Å². The fourth-order valence-corrected chi connectivity index (χ4v) is 3.17. The summed E-state index contributed by atoms with van der Waals surface area (Å²) in [5, 5.41) is 2.88. The summed E-state index contributed by atoms with van der Waals surface area (Å²) in [7, 11) is -0.679. The highest BCUT2D eigenvalue weighted by Crippen LogP contribution is 2.26. The van der Waals surface area contributed by atoms with E-state index in [0.717, 1.165) is 4.31 Å². The van der Waals surface area contributed by atoms with E-state index in [1.165, 1.54) is 32.3 Å². The second-order valence-corrected chi connectivity index (χ2v) is 7.13. The average Bonchev–Trinajstić information content (AvgIpc) is 2.38. The number of halogens is 2. The molecule has 0 bridgehead atoms. The molecule has 19 heavy (non-hydrogen) atoms. The number of benzene rings is 1. The van der Waals surface area contributed by atoms with Crippen LogP contribution in [0.15, 0.2) is 27.6 Å². The molecular formula is C11H14BrClN2O3S. The summed E-state index contributed by atoms with van der Waals surface area (Å²) >= 11 is 9.01. The number of nitrogens with zero attached hydrogens (tertiary/aromatic N) is 1. The van der Waals surface area contributed by atoms with Gasteiger partial charge in [-0.25, -0.2) is 12.7 Å². The Labute approximate surface area is 126 Å². The molecule has 0 aromatic heterocycles. The lowest BCUT2D eigenvalue weighted by molar-refractivity contribution is -0.120. The highest BCUT2D eigenvalue weighted by atomic mass is 79.9. The first-order chi connectivity index (χ1) is 8.78. The van der Waals surface area contributed by atoms with Crippen molar-refractivity contribution < 1.29 is 13.2 Å². The third kappa shape index (κ3) is 4.17. The van der Waals surface area contributed by atoms with Crippen LogP contribution in [-0.4, -0.2) is 39.3 Å². The number of rotatable bonds is 5. The molecule has 0 atom stereocenters. The van der Waals surface area contributed by atoms with E-state index >= 15 is 0 Å². The molecule has 0 heterocycles. The molecule has 0 aliphatic heterocycles. The van der Waals surface area contributed by atoms with Crippen molar-refractivity contribution in [2.45, 2.75) is 11.3 Å². The van der Waals surface area contributed by atoms with Gasteiger partial charge in [0.25, 0.3) is 0 Å². The number of carbonyl (C=O) groups is 1. The quantitative estimate of drug-likeness (QED) is 0.861. The van der Waals surface area contributed by atoms with Crippen molar-refractivity contribution in [1.82, 2.24) is 9.62 Å². The first kappa shape index (κ1) is 16.4. The molecule has 0 saturated heterocycles. The second-order valence-electron chi connectivity index (χ2n) is 3.83. The minimum atomic E-state index is -3.62. The number of hydrogen-bond acceptors (Lipinski definition) is 3. The number of nitrogens with one attached hydrogen (secondary N) is 1. The zero-order chi connectivity index (χ0) is 14.6. The van der Waals surface area contributed by atoms with Gasteiger partial charge in [0.15, 0.2) is 0 Å². The largest absolute Gasteiger partial charge is 0.359 e. The molecule has 1 aromatic carbocycles. The Bertz CT molecular complexity index is 577. The average molecular weight is 370 g/mol. The van der Waals surface area contributed by atoms with Crippen LogP contribution < -0.4 is 5.32 Å². The molecule has 0 unspecified atom stereocenters. The first-order valence-corrected chi connectivity index (χ1v) is 8.02.